The molecule has 9 heteroatoms. The summed E-state index contributed by atoms with van der Waals surface area (Å²) in [6.45, 7) is 0. The van der Waals surface area contributed by atoms with Gasteiger partial charge in [0.25, 0.3) is 0 Å². The summed E-state index contributed by atoms with van der Waals surface area (Å²) in [5.41, 5.74) is 5.77. The molecule has 1 aliphatic rings. The Labute approximate surface area is 139 Å². The molecule has 21 heavy (non-hydrogen) atoms. The molecule has 0 amide bonds. The first-order valence-corrected chi connectivity index (χ1v) is 8.46. The Morgan fingerprint density at radius 3 is 2.33 bits per heavy atom. The van der Waals surface area contributed by atoms with Gasteiger partial charge in [-0.2, -0.15) is 0 Å². The summed E-state index contributed by atoms with van der Waals surface area (Å²) in [4.78, 5) is -0.295. The van der Waals surface area contributed by atoms with Crippen LogP contribution in [0.1, 0.15) is 25.7 Å². The van der Waals surface area contributed by atoms with Gasteiger partial charge < -0.3 is 5.73 Å². The standard InChI is InChI=1S/C12H15Cl2FN2O2S.ClH/c13-9-5-6-10(11(14)12(9)15)20(18,19)17-8-3-1-7(16)2-4-8;/h5-8,17H,1-4,16H2;1H. The summed E-state index contributed by atoms with van der Waals surface area (Å²) in [5, 5.41) is -0.699. The highest BCUT2D eigenvalue weighted by molar-refractivity contribution is 7.89. The first kappa shape index (κ1) is 18.9. The molecule has 1 saturated carbocycles. The number of benzene rings is 1. The number of hydrogen-bond donors (Lipinski definition) is 2. The summed E-state index contributed by atoms with van der Waals surface area (Å²) in [6.07, 6.45) is 2.84. The highest BCUT2D eigenvalue weighted by atomic mass is 35.5. The Morgan fingerprint density at radius 2 is 1.76 bits per heavy atom. The molecule has 0 aliphatic heterocycles. The van der Waals surface area contributed by atoms with E-state index < -0.39 is 20.9 Å². The monoisotopic (exact) mass is 376 g/mol. The lowest BCUT2D eigenvalue weighted by molar-refractivity contribution is 0.373. The molecule has 0 radical (unpaired) electrons. The Kier molecular flexibility index (Phi) is 6.71. The zero-order valence-corrected chi connectivity index (χ0v) is 14.1. The van der Waals surface area contributed by atoms with Crippen molar-refractivity contribution in [1.82, 2.24) is 4.72 Å². The van der Waals surface area contributed by atoms with Crippen LogP contribution in [0, 0.1) is 5.82 Å². The van der Waals surface area contributed by atoms with Crippen LogP contribution in [0.4, 0.5) is 4.39 Å². The minimum absolute atomic E-state index is 0. The van der Waals surface area contributed by atoms with E-state index >= 15 is 0 Å². The number of hydrogen-bond acceptors (Lipinski definition) is 3. The van der Waals surface area contributed by atoms with Crippen LogP contribution < -0.4 is 10.5 Å². The van der Waals surface area contributed by atoms with Crippen LogP contribution in [0.5, 0.6) is 0 Å². The molecule has 0 saturated heterocycles. The predicted molar refractivity (Wildman–Crippen MR) is 84.2 cm³/mol. The van der Waals surface area contributed by atoms with Gasteiger partial charge in [-0.15, -0.1) is 12.4 Å². The quantitative estimate of drug-likeness (QED) is 0.795. The minimum atomic E-state index is -3.87. The Bertz CT molecular complexity index is 605. The average Bonchev–Trinajstić information content (AvgIpc) is 2.38. The van der Waals surface area contributed by atoms with Crippen LogP contribution >= 0.6 is 35.6 Å². The van der Waals surface area contributed by atoms with Gasteiger partial charge in [0.15, 0.2) is 5.82 Å². The maximum Gasteiger partial charge on any atom is 0.242 e. The summed E-state index contributed by atoms with van der Waals surface area (Å²) in [5.74, 6) is -0.929. The molecule has 0 unspecified atom stereocenters. The number of sulfonamides is 1. The van der Waals surface area contributed by atoms with E-state index in [0.29, 0.717) is 12.8 Å². The SMILES string of the molecule is Cl.NC1CCC(NS(=O)(=O)c2ccc(Cl)c(F)c2Cl)CC1. The van der Waals surface area contributed by atoms with E-state index in [-0.39, 0.29) is 34.4 Å². The fourth-order valence-electron chi connectivity index (χ4n) is 2.24. The van der Waals surface area contributed by atoms with Gasteiger partial charge in [0.05, 0.1) is 10.0 Å². The van der Waals surface area contributed by atoms with Crippen molar-refractivity contribution in [2.24, 2.45) is 5.73 Å². The molecule has 1 aromatic rings. The van der Waals surface area contributed by atoms with Crippen LogP contribution in [0.25, 0.3) is 0 Å². The maximum atomic E-state index is 13.6. The highest BCUT2D eigenvalue weighted by Gasteiger charge is 2.27. The van der Waals surface area contributed by atoms with Gasteiger partial charge in [0.1, 0.15) is 4.90 Å². The third-order valence-corrected chi connectivity index (χ3v) is 5.72. The van der Waals surface area contributed by atoms with Crippen molar-refractivity contribution < 1.29 is 12.8 Å². The fourth-order valence-corrected chi connectivity index (χ4v) is 4.29. The topological polar surface area (TPSA) is 72.2 Å². The summed E-state index contributed by atoms with van der Waals surface area (Å²) in [7, 11) is -3.87. The molecule has 120 valence electrons. The normalized spacial score (nSPS) is 22.7. The minimum Gasteiger partial charge on any atom is -0.328 e. The molecule has 0 heterocycles. The van der Waals surface area contributed by atoms with Crippen LogP contribution in [0.3, 0.4) is 0 Å². The predicted octanol–water partition coefficient (Wildman–Crippen LogP) is 3.10. The van der Waals surface area contributed by atoms with E-state index in [1.165, 1.54) is 12.1 Å². The Balaban J connectivity index is 0.00000220. The smallest absolute Gasteiger partial charge is 0.242 e. The zero-order chi connectivity index (χ0) is 14.9. The van der Waals surface area contributed by atoms with Crippen molar-refractivity contribution in [2.75, 3.05) is 0 Å². The molecule has 1 aliphatic carbocycles. The molecular formula is C12H16Cl3FN2O2S. The molecule has 0 aromatic heterocycles. The number of rotatable bonds is 3. The second kappa shape index (κ2) is 7.44. The van der Waals surface area contributed by atoms with Gasteiger partial charge >= 0.3 is 0 Å². The van der Waals surface area contributed by atoms with Gasteiger partial charge in [0, 0.05) is 12.1 Å². The number of nitrogens with two attached hydrogens (primary N) is 1. The van der Waals surface area contributed by atoms with Crippen molar-refractivity contribution in [2.45, 2.75) is 42.7 Å². The molecular weight excluding hydrogens is 362 g/mol. The van der Waals surface area contributed by atoms with Gasteiger partial charge in [-0.05, 0) is 37.8 Å². The first-order chi connectivity index (χ1) is 9.31. The third kappa shape index (κ3) is 4.43. The van der Waals surface area contributed by atoms with Crippen molar-refractivity contribution in [3.8, 4) is 0 Å². The maximum absolute atomic E-state index is 13.6. The molecule has 4 nitrogen and oxygen atoms in total. The summed E-state index contributed by atoms with van der Waals surface area (Å²) >= 11 is 11.3. The van der Waals surface area contributed by atoms with Crippen LogP contribution in [0.2, 0.25) is 10.0 Å². The molecule has 3 N–H and O–H groups in total. The van der Waals surface area contributed by atoms with E-state index in [1.807, 2.05) is 0 Å². The molecule has 2 rings (SSSR count). The highest BCUT2D eigenvalue weighted by Crippen LogP contribution is 2.30. The van der Waals surface area contributed by atoms with E-state index in [1.54, 1.807) is 0 Å². The number of halogens is 4. The van der Waals surface area contributed by atoms with E-state index in [0.717, 1.165) is 12.8 Å². The van der Waals surface area contributed by atoms with Crippen molar-refractivity contribution in [3.63, 3.8) is 0 Å². The lowest BCUT2D eigenvalue weighted by atomic mass is 9.93. The lowest BCUT2D eigenvalue weighted by Crippen LogP contribution is -2.40. The van der Waals surface area contributed by atoms with E-state index in [9.17, 15) is 12.8 Å². The van der Waals surface area contributed by atoms with Crippen LogP contribution in [-0.2, 0) is 10.0 Å². The molecule has 0 atom stereocenters. The van der Waals surface area contributed by atoms with Crippen molar-refractivity contribution in [1.29, 1.82) is 0 Å². The zero-order valence-electron chi connectivity index (χ0n) is 11.0. The van der Waals surface area contributed by atoms with Crippen LogP contribution in [0.15, 0.2) is 17.0 Å². The average molecular weight is 378 g/mol. The summed E-state index contributed by atoms with van der Waals surface area (Å²) in [6, 6.07) is 2.29. The number of nitrogens with one attached hydrogen (secondary N) is 1. The van der Waals surface area contributed by atoms with Crippen LogP contribution in [-0.4, -0.2) is 20.5 Å². The molecule has 1 fully saturated rings. The second-order valence-electron chi connectivity index (χ2n) is 4.91. The molecule has 0 spiro atoms. The largest absolute Gasteiger partial charge is 0.328 e. The van der Waals surface area contributed by atoms with Gasteiger partial charge in [-0.3, -0.25) is 0 Å². The lowest BCUT2D eigenvalue weighted by Gasteiger charge is -2.26. The van der Waals surface area contributed by atoms with Gasteiger partial charge in [0.2, 0.25) is 10.0 Å². The van der Waals surface area contributed by atoms with E-state index in [4.69, 9.17) is 28.9 Å². The summed E-state index contributed by atoms with van der Waals surface area (Å²) < 4.78 is 40.6. The second-order valence-corrected chi connectivity index (χ2v) is 7.37. The first-order valence-electron chi connectivity index (χ1n) is 6.22. The van der Waals surface area contributed by atoms with Crippen molar-refractivity contribution >= 4 is 45.6 Å². The fraction of sp³-hybridized carbons (Fsp3) is 0.500. The Hall–Kier alpha value is -0.110. The van der Waals surface area contributed by atoms with Crippen molar-refractivity contribution in [3.05, 3.63) is 28.0 Å². The Morgan fingerprint density at radius 1 is 1.19 bits per heavy atom. The molecule has 0 bridgehead atoms. The van der Waals surface area contributed by atoms with E-state index in [2.05, 4.69) is 4.72 Å². The van der Waals surface area contributed by atoms with Gasteiger partial charge in [-0.1, -0.05) is 23.2 Å². The molecule has 1 aromatic carbocycles. The van der Waals surface area contributed by atoms with Gasteiger partial charge in [-0.25, -0.2) is 17.5 Å². The third-order valence-electron chi connectivity index (χ3n) is 3.38.